The molecule has 0 aliphatic heterocycles. The lowest BCUT2D eigenvalue weighted by Crippen LogP contribution is -2.47. The van der Waals surface area contributed by atoms with E-state index in [-0.39, 0.29) is 18.6 Å². The lowest BCUT2D eigenvalue weighted by atomic mass is 10.0. The van der Waals surface area contributed by atoms with Gasteiger partial charge in [0.2, 0.25) is 5.91 Å². The standard InChI is InChI=1S/C12H25N3O2/c1-2-14-12(17)6-10(7-13)15-11-5-3-4-9(11)8-16/h9-11,15-16H,2-8,13H2,1H3,(H,14,17). The fraction of sp³-hybridized carbons (Fsp3) is 0.917. The Labute approximate surface area is 103 Å². The van der Waals surface area contributed by atoms with E-state index in [2.05, 4.69) is 10.6 Å². The average Bonchev–Trinajstić information content (AvgIpc) is 2.75. The van der Waals surface area contributed by atoms with Gasteiger partial charge < -0.3 is 21.5 Å². The highest BCUT2D eigenvalue weighted by molar-refractivity contribution is 5.76. The molecule has 5 N–H and O–H groups in total. The number of carbonyl (C=O) groups is 1. The number of carbonyl (C=O) groups excluding carboxylic acids is 1. The highest BCUT2D eigenvalue weighted by Gasteiger charge is 2.28. The van der Waals surface area contributed by atoms with Crippen molar-refractivity contribution in [2.24, 2.45) is 11.7 Å². The summed E-state index contributed by atoms with van der Waals surface area (Å²) in [7, 11) is 0. The molecule has 100 valence electrons. The predicted molar refractivity (Wildman–Crippen MR) is 67.5 cm³/mol. The minimum absolute atomic E-state index is 0.0127. The van der Waals surface area contributed by atoms with Crippen molar-refractivity contribution in [1.82, 2.24) is 10.6 Å². The van der Waals surface area contributed by atoms with Crippen molar-refractivity contribution in [2.75, 3.05) is 19.7 Å². The third-order valence-electron chi connectivity index (χ3n) is 3.43. The summed E-state index contributed by atoms with van der Waals surface area (Å²) in [5.41, 5.74) is 5.68. The van der Waals surface area contributed by atoms with Crippen LogP contribution in [0.2, 0.25) is 0 Å². The molecule has 0 saturated heterocycles. The third kappa shape index (κ3) is 4.61. The van der Waals surface area contributed by atoms with Crippen molar-refractivity contribution in [3.05, 3.63) is 0 Å². The van der Waals surface area contributed by atoms with Crippen molar-refractivity contribution in [3.8, 4) is 0 Å². The SMILES string of the molecule is CCNC(=O)CC(CN)NC1CCCC1CO. The fourth-order valence-electron chi connectivity index (χ4n) is 2.48. The number of rotatable bonds is 7. The van der Waals surface area contributed by atoms with E-state index in [1.54, 1.807) is 0 Å². The van der Waals surface area contributed by atoms with Crippen molar-refractivity contribution in [3.63, 3.8) is 0 Å². The largest absolute Gasteiger partial charge is 0.396 e. The Balaban J connectivity index is 2.37. The summed E-state index contributed by atoms with van der Waals surface area (Å²) in [5, 5.41) is 15.4. The van der Waals surface area contributed by atoms with Crippen LogP contribution in [0, 0.1) is 5.92 Å². The molecule has 0 spiro atoms. The maximum Gasteiger partial charge on any atom is 0.221 e. The number of hydrogen-bond acceptors (Lipinski definition) is 4. The second kappa shape index (κ2) is 7.63. The van der Waals surface area contributed by atoms with E-state index >= 15 is 0 Å². The first-order chi connectivity index (χ1) is 8.21. The van der Waals surface area contributed by atoms with E-state index in [4.69, 9.17) is 5.73 Å². The van der Waals surface area contributed by atoms with Crippen LogP contribution in [-0.2, 0) is 4.79 Å². The third-order valence-corrected chi connectivity index (χ3v) is 3.43. The molecule has 17 heavy (non-hydrogen) atoms. The molecule has 3 atom stereocenters. The summed E-state index contributed by atoms with van der Waals surface area (Å²) >= 11 is 0. The molecule has 0 aromatic heterocycles. The summed E-state index contributed by atoms with van der Waals surface area (Å²) in [5.74, 6) is 0.354. The van der Waals surface area contributed by atoms with Crippen LogP contribution in [-0.4, -0.2) is 42.8 Å². The lowest BCUT2D eigenvalue weighted by molar-refractivity contribution is -0.121. The quantitative estimate of drug-likeness (QED) is 0.489. The highest BCUT2D eigenvalue weighted by Crippen LogP contribution is 2.25. The van der Waals surface area contributed by atoms with Crippen LogP contribution in [0.4, 0.5) is 0 Å². The van der Waals surface area contributed by atoms with Crippen molar-refractivity contribution < 1.29 is 9.90 Å². The van der Waals surface area contributed by atoms with E-state index < -0.39 is 0 Å². The Bertz CT molecular complexity index is 236. The zero-order chi connectivity index (χ0) is 12.7. The second-order valence-corrected chi connectivity index (χ2v) is 4.74. The number of aliphatic hydroxyl groups is 1. The average molecular weight is 243 g/mol. The van der Waals surface area contributed by atoms with Gasteiger partial charge in [-0.15, -0.1) is 0 Å². The van der Waals surface area contributed by atoms with Crippen molar-refractivity contribution >= 4 is 5.91 Å². The molecular weight excluding hydrogens is 218 g/mol. The molecule has 0 bridgehead atoms. The molecule has 1 saturated carbocycles. The maximum atomic E-state index is 11.5. The lowest BCUT2D eigenvalue weighted by Gasteiger charge is -2.25. The first-order valence-electron chi connectivity index (χ1n) is 6.54. The van der Waals surface area contributed by atoms with E-state index in [0.29, 0.717) is 31.5 Å². The van der Waals surface area contributed by atoms with Crippen LogP contribution in [0.3, 0.4) is 0 Å². The fourth-order valence-corrected chi connectivity index (χ4v) is 2.48. The molecule has 1 amide bonds. The minimum atomic E-state index is 0.0127. The zero-order valence-corrected chi connectivity index (χ0v) is 10.6. The van der Waals surface area contributed by atoms with Gasteiger partial charge in [-0.1, -0.05) is 6.42 Å². The first kappa shape index (κ1) is 14.4. The topological polar surface area (TPSA) is 87.4 Å². The number of hydrogen-bond donors (Lipinski definition) is 4. The molecule has 1 rings (SSSR count). The van der Waals surface area contributed by atoms with Crippen LogP contribution < -0.4 is 16.4 Å². The van der Waals surface area contributed by atoms with Gasteiger partial charge in [0, 0.05) is 38.2 Å². The van der Waals surface area contributed by atoms with Gasteiger partial charge in [0.05, 0.1) is 0 Å². The van der Waals surface area contributed by atoms with Gasteiger partial charge in [-0.25, -0.2) is 0 Å². The Morgan fingerprint density at radius 2 is 2.29 bits per heavy atom. The zero-order valence-electron chi connectivity index (χ0n) is 10.6. The van der Waals surface area contributed by atoms with Crippen LogP contribution in [0.25, 0.3) is 0 Å². The second-order valence-electron chi connectivity index (χ2n) is 4.74. The van der Waals surface area contributed by atoms with Gasteiger partial charge in [-0.2, -0.15) is 0 Å². The molecule has 0 aromatic rings. The molecule has 3 unspecified atom stereocenters. The molecule has 5 heteroatoms. The number of aliphatic hydroxyl groups excluding tert-OH is 1. The van der Waals surface area contributed by atoms with Crippen LogP contribution in [0.1, 0.15) is 32.6 Å². The summed E-state index contributed by atoms with van der Waals surface area (Å²) in [6.45, 7) is 3.22. The molecule has 0 radical (unpaired) electrons. The van der Waals surface area contributed by atoms with Gasteiger partial charge in [-0.05, 0) is 25.7 Å². The molecule has 1 fully saturated rings. The predicted octanol–water partition coefficient (Wildman–Crippen LogP) is -0.409. The summed E-state index contributed by atoms with van der Waals surface area (Å²) in [4.78, 5) is 11.5. The van der Waals surface area contributed by atoms with Gasteiger partial charge in [-0.3, -0.25) is 4.79 Å². The Morgan fingerprint density at radius 3 is 2.88 bits per heavy atom. The Morgan fingerprint density at radius 1 is 1.53 bits per heavy atom. The molecule has 0 heterocycles. The smallest absolute Gasteiger partial charge is 0.221 e. The van der Waals surface area contributed by atoms with Crippen LogP contribution in [0.5, 0.6) is 0 Å². The molecular formula is C12H25N3O2. The number of nitrogens with one attached hydrogen (secondary N) is 2. The normalized spacial score (nSPS) is 25.8. The maximum absolute atomic E-state index is 11.5. The summed E-state index contributed by atoms with van der Waals surface area (Å²) < 4.78 is 0. The minimum Gasteiger partial charge on any atom is -0.396 e. The van der Waals surface area contributed by atoms with Crippen molar-refractivity contribution in [1.29, 1.82) is 0 Å². The molecule has 0 aromatic carbocycles. The van der Waals surface area contributed by atoms with Gasteiger partial charge in [0.15, 0.2) is 0 Å². The van der Waals surface area contributed by atoms with E-state index in [1.165, 1.54) is 0 Å². The first-order valence-corrected chi connectivity index (χ1v) is 6.54. The van der Waals surface area contributed by atoms with E-state index in [1.807, 2.05) is 6.92 Å². The van der Waals surface area contributed by atoms with Crippen LogP contribution in [0.15, 0.2) is 0 Å². The summed E-state index contributed by atoms with van der Waals surface area (Å²) in [6.07, 6.45) is 3.68. The van der Waals surface area contributed by atoms with E-state index in [0.717, 1.165) is 19.3 Å². The molecule has 5 nitrogen and oxygen atoms in total. The van der Waals surface area contributed by atoms with Crippen LogP contribution >= 0.6 is 0 Å². The number of nitrogens with two attached hydrogens (primary N) is 1. The van der Waals surface area contributed by atoms with Gasteiger partial charge >= 0.3 is 0 Å². The highest BCUT2D eigenvalue weighted by atomic mass is 16.3. The summed E-state index contributed by atoms with van der Waals surface area (Å²) in [6, 6.07) is 0.321. The van der Waals surface area contributed by atoms with E-state index in [9.17, 15) is 9.90 Å². The Kier molecular flexibility index (Phi) is 6.47. The number of amides is 1. The molecule has 1 aliphatic carbocycles. The van der Waals surface area contributed by atoms with Gasteiger partial charge in [0.1, 0.15) is 0 Å². The Hall–Kier alpha value is -0.650. The monoisotopic (exact) mass is 243 g/mol. The molecule has 1 aliphatic rings. The van der Waals surface area contributed by atoms with Gasteiger partial charge in [0.25, 0.3) is 0 Å². The van der Waals surface area contributed by atoms with Crippen molar-refractivity contribution in [2.45, 2.75) is 44.7 Å².